The smallest absolute Gasteiger partial charge is 0.138 e. The third-order valence-electron chi connectivity index (χ3n) is 1.66. The summed E-state index contributed by atoms with van der Waals surface area (Å²) in [5.41, 5.74) is 1.48. The Morgan fingerprint density at radius 2 is 2.15 bits per heavy atom. The largest absolute Gasteiger partial charge is 0.349 e. The van der Waals surface area contributed by atoms with E-state index in [4.69, 9.17) is 10.5 Å². The van der Waals surface area contributed by atoms with Crippen LogP contribution in [0.5, 0.6) is 0 Å². The van der Waals surface area contributed by atoms with E-state index in [9.17, 15) is 0 Å². The number of rotatable bonds is 2. The number of thiocyanates is 1. The number of hydrogen-bond donors (Lipinski definition) is 1. The first-order chi connectivity index (χ1) is 6.19. The fraction of sp³-hybridized carbons (Fsp3) is 0.333. The lowest BCUT2D eigenvalue weighted by atomic mass is 10.1. The predicted molar refractivity (Wildman–Crippen MR) is 51.1 cm³/mol. The maximum Gasteiger partial charge on any atom is 0.138 e. The van der Waals surface area contributed by atoms with Crippen LogP contribution in [0.2, 0.25) is 0 Å². The predicted octanol–water partition coefficient (Wildman–Crippen LogP) is 2.58. The van der Waals surface area contributed by atoms with Gasteiger partial charge in [-0.05, 0) is 23.7 Å². The first-order valence-electron chi connectivity index (χ1n) is 3.88. The number of aromatic nitrogens is 1. The highest BCUT2D eigenvalue weighted by Gasteiger charge is 2.11. The second-order valence-corrected chi connectivity index (χ2v) is 3.75. The molecule has 0 atom stereocenters. The third-order valence-corrected chi connectivity index (χ3v) is 2.31. The van der Waals surface area contributed by atoms with Gasteiger partial charge in [-0.3, -0.25) is 0 Å². The van der Waals surface area contributed by atoms with Crippen molar-refractivity contribution in [2.24, 2.45) is 0 Å². The summed E-state index contributed by atoms with van der Waals surface area (Å²) in [7, 11) is 0. The van der Waals surface area contributed by atoms with Gasteiger partial charge in [0.2, 0.25) is 0 Å². The number of aromatic amines is 1. The molecule has 0 aliphatic rings. The quantitative estimate of drug-likeness (QED) is 0.577. The molecule has 13 heavy (non-hydrogen) atoms. The molecule has 1 heterocycles. The van der Waals surface area contributed by atoms with Gasteiger partial charge in [0.05, 0.1) is 0 Å². The molecule has 0 bridgehead atoms. The van der Waals surface area contributed by atoms with Crippen LogP contribution in [-0.2, 0) is 0 Å². The molecule has 0 aromatic carbocycles. The average Bonchev–Trinajstić information content (AvgIpc) is 2.48. The Bertz CT molecular complexity index is 379. The van der Waals surface area contributed by atoms with Gasteiger partial charge in [-0.1, -0.05) is 13.8 Å². The van der Waals surface area contributed by atoms with Crippen LogP contribution >= 0.6 is 11.8 Å². The summed E-state index contributed by atoms with van der Waals surface area (Å²) in [6.07, 6.45) is 0. The summed E-state index contributed by atoms with van der Waals surface area (Å²) in [4.78, 5) is 3.84. The lowest BCUT2D eigenvalue weighted by molar-refractivity contribution is 0.810. The van der Waals surface area contributed by atoms with E-state index >= 15 is 0 Å². The summed E-state index contributed by atoms with van der Waals surface area (Å²) in [5, 5.41) is 19.2. The molecule has 1 N–H and O–H groups in total. The van der Waals surface area contributed by atoms with Crippen LogP contribution in [-0.4, -0.2) is 4.98 Å². The maximum atomic E-state index is 8.65. The van der Waals surface area contributed by atoms with E-state index in [-0.39, 0.29) is 0 Å². The van der Waals surface area contributed by atoms with Crippen LogP contribution in [0.15, 0.2) is 11.0 Å². The van der Waals surface area contributed by atoms with Crippen LogP contribution in [0.1, 0.15) is 31.2 Å². The average molecular weight is 191 g/mol. The van der Waals surface area contributed by atoms with Crippen molar-refractivity contribution in [1.29, 1.82) is 10.5 Å². The first-order valence-corrected chi connectivity index (χ1v) is 4.69. The Balaban J connectivity index is 3.11. The Morgan fingerprint density at radius 3 is 2.62 bits per heavy atom. The first kappa shape index (κ1) is 9.70. The summed E-state index contributed by atoms with van der Waals surface area (Å²) in [6, 6.07) is 3.73. The maximum absolute atomic E-state index is 8.65. The fourth-order valence-corrected chi connectivity index (χ4v) is 1.75. The van der Waals surface area contributed by atoms with E-state index in [1.807, 2.05) is 25.3 Å². The lowest BCUT2D eigenvalue weighted by Gasteiger charge is -2.02. The highest BCUT2D eigenvalue weighted by atomic mass is 32.2. The zero-order valence-corrected chi connectivity index (χ0v) is 8.27. The van der Waals surface area contributed by atoms with Gasteiger partial charge in [-0.2, -0.15) is 10.5 Å². The zero-order valence-electron chi connectivity index (χ0n) is 7.46. The lowest BCUT2D eigenvalue weighted by Crippen LogP contribution is -1.88. The Morgan fingerprint density at radius 1 is 1.46 bits per heavy atom. The number of nitrogens with zero attached hydrogens (tertiary/aromatic N) is 2. The molecule has 1 rings (SSSR count). The molecule has 0 aliphatic carbocycles. The summed E-state index contributed by atoms with van der Waals surface area (Å²) in [5.74, 6) is 0.304. The molecular weight excluding hydrogens is 182 g/mol. The van der Waals surface area contributed by atoms with E-state index in [0.717, 1.165) is 22.4 Å². The molecule has 4 heteroatoms. The molecule has 0 radical (unpaired) electrons. The van der Waals surface area contributed by atoms with Crippen molar-refractivity contribution in [3.63, 3.8) is 0 Å². The van der Waals surface area contributed by atoms with E-state index in [1.165, 1.54) is 0 Å². The zero-order chi connectivity index (χ0) is 9.84. The second kappa shape index (κ2) is 4.02. The molecule has 0 amide bonds. The SMILES string of the molecule is CC(C)c1[nH]c(C#N)cc1SC#N. The van der Waals surface area contributed by atoms with Crippen molar-refractivity contribution in [2.75, 3.05) is 0 Å². The normalized spacial score (nSPS) is 9.62. The van der Waals surface area contributed by atoms with E-state index in [1.54, 1.807) is 6.07 Å². The van der Waals surface area contributed by atoms with Crippen molar-refractivity contribution in [1.82, 2.24) is 4.98 Å². The molecule has 0 spiro atoms. The Labute approximate surface area is 81.4 Å². The molecule has 0 fully saturated rings. The standard InChI is InChI=1S/C9H9N3S/c1-6(2)9-8(13-5-11)3-7(4-10)12-9/h3,6,12H,1-2H3. The summed E-state index contributed by atoms with van der Waals surface area (Å²) < 4.78 is 0. The van der Waals surface area contributed by atoms with Gasteiger partial charge in [0.1, 0.15) is 17.2 Å². The molecule has 1 aromatic rings. The minimum atomic E-state index is 0.304. The van der Waals surface area contributed by atoms with Crippen molar-refractivity contribution in [3.05, 3.63) is 17.5 Å². The van der Waals surface area contributed by atoms with E-state index in [0.29, 0.717) is 11.6 Å². The highest BCUT2D eigenvalue weighted by Crippen LogP contribution is 2.28. The number of nitriles is 2. The number of thioether (sulfide) groups is 1. The van der Waals surface area contributed by atoms with E-state index in [2.05, 4.69) is 4.98 Å². The van der Waals surface area contributed by atoms with Crippen LogP contribution in [0.3, 0.4) is 0 Å². The topological polar surface area (TPSA) is 63.4 Å². The summed E-state index contributed by atoms with van der Waals surface area (Å²) >= 11 is 1.09. The third kappa shape index (κ3) is 2.05. The summed E-state index contributed by atoms with van der Waals surface area (Å²) in [6.45, 7) is 4.04. The van der Waals surface area contributed by atoms with Gasteiger partial charge in [0.25, 0.3) is 0 Å². The molecule has 0 aliphatic heterocycles. The highest BCUT2D eigenvalue weighted by molar-refractivity contribution is 8.03. The van der Waals surface area contributed by atoms with Gasteiger partial charge < -0.3 is 4.98 Å². The Hall–Kier alpha value is -1.39. The second-order valence-electron chi connectivity index (χ2n) is 2.92. The molecule has 0 saturated heterocycles. The number of hydrogen-bond acceptors (Lipinski definition) is 3. The molecule has 3 nitrogen and oxygen atoms in total. The van der Waals surface area contributed by atoms with Gasteiger partial charge in [-0.25, -0.2) is 0 Å². The van der Waals surface area contributed by atoms with Crippen molar-refractivity contribution in [2.45, 2.75) is 24.7 Å². The van der Waals surface area contributed by atoms with Crippen molar-refractivity contribution < 1.29 is 0 Å². The van der Waals surface area contributed by atoms with Crippen molar-refractivity contribution in [3.8, 4) is 11.5 Å². The Kier molecular flexibility index (Phi) is 3.00. The van der Waals surface area contributed by atoms with Gasteiger partial charge in [0, 0.05) is 10.6 Å². The van der Waals surface area contributed by atoms with Crippen LogP contribution < -0.4 is 0 Å². The minimum Gasteiger partial charge on any atom is -0.349 e. The molecule has 0 unspecified atom stereocenters. The molecule has 1 aromatic heterocycles. The molecular formula is C9H9N3S. The monoisotopic (exact) mass is 191 g/mol. The van der Waals surface area contributed by atoms with Gasteiger partial charge >= 0.3 is 0 Å². The van der Waals surface area contributed by atoms with Crippen LogP contribution in [0.25, 0.3) is 0 Å². The van der Waals surface area contributed by atoms with Crippen LogP contribution in [0, 0.1) is 22.0 Å². The molecule has 0 saturated carbocycles. The molecule has 66 valence electrons. The number of nitrogens with one attached hydrogen (secondary N) is 1. The number of H-pyrrole nitrogens is 1. The van der Waals surface area contributed by atoms with E-state index < -0.39 is 0 Å². The fourth-order valence-electron chi connectivity index (χ4n) is 1.07. The van der Waals surface area contributed by atoms with Gasteiger partial charge in [-0.15, -0.1) is 0 Å². The van der Waals surface area contributed by atoms with Crippen LogP contribution in [0.4, 0.5) is 0 Å². The van der Waals surface area contributed by atoms with Crippen molar-refractivity contribution >= 4 is 11.8 Å². The minimum absolute atomic E-state index is 0.304. The van der Waals surface area contributed by atoms with Gasteiger partial charge in [0.15, 0.2) is 0 Å².